The highest BCUT2D eigenvalue weighted by Gasteiger charge is 2.38. The molecule has 0 bridgehead atoms. The molecule has 5 aromatic rings. The third-order valence-electron chi connectivity index (χ3n) is 5.54. The van der Waals surface area contributed by atoms with Gasteiger partial charge in [0.1, 0.15) is 12.2 Å². The SMILES string of the molecule is Cc1nc2c3c(ncn2n1)Oc1c(c(C)nn1-c1ccccc1)C3c1ccccc1Cl. The molecule has 1 unspecified atom stereocenters. The monoisotopic (exact) mass is 428 g/mol. The maximum absolute atomic E-state index is 6.69. The molecule has 31 heavy (non-hydrogen) atoms. The first-order chi connectivity index (χ1) is 15.1. The zero-order valence-electron chi connectivity index (χ0n) is 16.8. The Kier molecular flexibility index (Phi) is 3.88. The van der Waals surface area contributed by atoms with Gasteiger partial charge in [0.2, 0.25) is 11.8 Å². The van der Waals surface area contributed by atoms with Gasteiger partial charge in [-0.1, -0.05) is 48.0 Å². The normalized spacial score (nSPS) is 14.9. The Morgan fingerprint density at radius 1 is 0.935 bits per heavy atom. The van der Waals surface area contributed by atoms with Gasteiger partial charge in [0.05, 0.1) is 28.4 Å². The second kappa shape index (κ2) is 6.65. The minimum Gasteiger partial charge on any atom is -0.420 e. The maximum Gasteiger partial charge on any atom is 0.230 e. The quantitative estimate of drug-likeness (QED) is 0.393. The molecule has 0 amide bonds. The summed E-state index contributed by atoms with van der Waals surface area (Å²) in [5, 5.41) is 9.91. The fraction of sp³-hybridized carbons (Fsp3) is 0.130. The van der Waals surface area contributed by atoms with Gasteiger partial charge in [-0.15, -0.1) is 0 Å². The van der Waals surface area contributed by atoms with Crippen LogP contribution in [0, 0.1) is 13.8 Å². The Balaban J connectivity index is 1.70. The van der Waals surface area contributed by atoms with Gasteiger partial charge in [-0.2, -0.15) is 10.2 Å². The summed E-state index contributed by atoms with van der Waals surface area (Å²) >= 11 is 6.69. The standard InChI is InChI=1S/C23H17ClN6O/c1-13-18-19(16-10-6-7-11-17(16)24)20-21-26-14(2)28-29(21)12-25-22(20)31-23(18)30(27-13)15-8-4-3-5-9-15/h3-12,19H,1-2H3. The zero-order chi connectivity index (χ0) is 21.1. The summed E-state index contributed by atoms with van der Waals surface area (Å²) in [5.74, 6) is 1.53. The van der Waals surface area contributed by atoms with Crippen molar-refractivity contribution < 1.29 is 4.74 Å². The van der Waals surface area contributed by atoms with Crippen molar-refractivity contribution >= 4 is 17.2 Å². The molecule has 2 aromatic carbocycles. The second-order valence-electron chi connectivity index (χ2n) is 7.50. The summed E-state index contributed by atoms with van der Waals surface area (Å²) in [6.07, 6.45) is 1.62. The van der Waals surface area contributed by atoms with Crippen LogP contribution in [0.2, 0.25) is 5.02 Å². The van der Waals surface area contributed by atoms with Gasteiger partial charge in [-0.25, -0.2) is 19.2 Å². The molecule has 0 saturated carbocycles. The van der Waals surface area contributed by atoms with Crippen LogP contribution in [0.4, 0.5) is 0 Å². The number of aryl methyl sites for hydroxylation is 2. The first-order valence-electron chi connectivity index (χ1n) is 9.91. The van der Waals surface area contributed by atoms with Crippen molar-refractivity contribution in [2.24, 2.45) is 0 Å². The molecule has 3 aromatic heterocycles. The van der Waals surface area contributed by atoms with Crippen LogP contribution >= 0.6 is 11.6 Å². The number of rotatable bonds is 2. The average Bonchev–Trinajstić information content (AvgIpc) is 3.32. The van der Waals surface area contributed by atoms with Crippen molar-refractivity contribution in [2.45, 2.75) is 19.8 Å². The maximum atomic E-state index is 6.69. The van der Waals surface area contributed by atoms with Crippen LogP contribution in [-0.4, -0.2) is 29.4 Å². The molecule has 0 spiro atoms. The average molecular weight is 429 g/mol. The summed E-state index contributed by atoms with van der Waals surface area (Å²) in [6, 6.07) is 17.7. The van der Waals surface area contributed by atoms with Gasteiger partial charge in [-0.05, 0) is 37.6 Å². The van der Waals surface area contributed by atoms with Crippen molar-refractivity contribution in [3.8, 4) is 17.4 Å². The molecule has 6 rings (SSSR count). The lowest BCUT2D eigenvalue weighted by atomic mass is 9.84. The molecule has 0 radical (unpaired) electrons. The van der Waals surface area contributed by atoms with E-state index >= 15 is 0 Å². The van der Waals surface area contributed by atoms with E-state index in [1.807, 2.05) is 73.1 Å². The number of aromatic nitrogens is 6. The molecule has 1 atom stereocenters. The van der Waals surface area contributed by atoms with Crippen molar-refractivity contribution in [1.82, 2.24) is 29.4 Å². The van der Waals surface area contributed by atoms with Crippen molar-refractivity contribution in [3.63, 3.8) is 0 Å². The third kappa shape index (κ3) is 2.67. The van der Waals surface area contributed by atoms with Gasteiger partial charge >= 0.3 is 0 Å². The van der Waals surface area contributed by atoms with E-state index in [0.29, 0.717) is 28.3 Å². The van der Waals surface area contributed by atoms with Gasteiger partial charge in [0.15, 0.2) is 5.65 Å². The first kappa shape index (κ1) is 18.1. The van der Waals surface area contributed by atoms with Crippen LogP contribution in [0.5, 0.6) is 11.8 Å². The van der Waals surface area contributed by atoms with E-state index in [-0.39, 0.29) is 5.92 Å². The highest BCUT2D eigenvalue weighted by Crippen LogP contribution is 2.50. The van der Waals surface area contributed by atoms with E-state index in [4.69, 9.17) is 21.4 Å². The Morgan fingerprint density at radius 3 is 2.52 bits per heavy atom. The van der Waals surface area contributed by atoms with Crippen LogP contribution in [0.3, 0.4) is 0 Å². The highest BCUT2D eigenvalue weighted by atomic mass is 35.5. The molecular formula is C23H17ClN6O. The minimum absolute atomic E-state index is 0.246. The number of hydrogen-bond donors (Lipinski definition) is 0. The topological polar surface area (TPSA) is 70.1 Å². The van der Waals surface area contributed by atoms with Gasteiger partial charge in [0.25, 0.3) is 0 Å². The Bertz CT molecular complexity index is 1460. The fourth-order valence-electron chi connectivity index (χ4n) is 4.25. The summed E-state index contributed by atoms with van der Waals surface area (Å²) in [5.41, 5.74) is 5.19. The van der Waals surface area contributed by atoms with E-state index in [1.165, 1.54) is 0 Å². The molecule has 4 heterocycles. The van der Waals surface area contributed by atoms with E-state index in [1.54, 1.807) is 10.8 Å². The Hall–Kier alpha value is -3.71. The Morgan fingerprint density at radius 2 is 1.71 bits per heavy atom. The van der Waals surface area contributed by atoms with Gasteiger partial charge in [-0.3, -0.25) is 0 Å². The minimum atomic E-state index is -0.246. The lowest BCUT2D eigenvalue weighted by Gasteiger charge is -2.27. The molecule has 0 fully saturated rings. The molecule has 1 aliphatic rings. The second-order valence-corrected chi connectivity index (χ2v) is 7.91. The largest absolute Gasteiger partial charge is 0.420 e. The van der Waals surface area contributed by atoms with Crippen LogP contribution in [0.25, 0.3) is 11.3 Å². The van der Waals surface area contributed by atoms with E-state index in [2.05, 4.69) is 15.1 Å². The van der Waals surface area contributed by atoms with E-state index in [9.17, 15) is 0 Å². The first-order valence-corrected chi connectivity index (χ1v) is 10.3. The zero-order valence-corrected chi connectivity index (χ0v) is 17.6. The number of benzene rings is 2. The van der Waals surface area contributed by atoms with Crippen LogP contribution in [0.1, 0.15) is 34.1 Å². The number of halogens is 1. The number of para-hydroxylation sites is 1. The smallest absolute Gasteiger partial charge is 0.230 e. The lowest BCUT2D eigenvalue weighted by Crippen LogP contribution is -2.16. The predicted octanol–water partition coefficient (Wildman–Crippen LogP) is 4.87. The van der Waals surface area contributed by atoms with Crippen molar-refractivity contribution in [1.29, 1.82) is 0 Å². The Labute approximate surface area is 182 Å². The summed E-state index contributed by atoms with van der Waals surface area (Å²) in [4.78, 5) is 9.22. The number of fused-ring (bicyclic) bond motifs is 4. The summed E-state index contributed by atoms with van der Waals surface area (Å²) in [7, 11) is 0. The summed E-state index contributed by atoms with van der Waals surface area (Å²) < 4.78 is 9.86. The van der Waals surface area contributed by atoms with Crippen LogP contribution in [-0.2, 0) is 0 Å². The molecule has 152 valence electrons. The van der Waals surface area contributed by atoms with Crippen molar-refractivity contribution in [3.05, 3.63) is 94.2 Å². The molecule has 8 heteroatoms. The number of hydrogen-bond acceptors (Lipinski definition) is 5. The fourth-order valence-corrected chi connectivity index (χ4v) is 4.49. The van der Waals surface area contributed by atoms with Gasteiger partial charge < -0.3 is 4.74 Å². The number of ether oxygens (including phenoxy) is 1. The third-order valence-corrected chi connectivity index (χ3v) is 5.89. The molecule has 7 nitrogen and oxygen atoms in total. The van der Waals surface area contributed by atoms with E-state index in [0.717, 1.165) is 28.1 Å². The predicted molar refractivity (Wildman–Crippen MR) is 116 cm³/mol. The van der Waals surface area contributed by atoms with Crippen molar-refractivity contribution in [2.75, 3.05) is 0 Å². The molecule has 0 aliphatic carbocycles. The van der Waals surface area contributed by atoms with Crippen LogP contribution < -0.4 is 4.74 Å². The van der Waals surface area contributed by atoms with Gasteiger partial charge in [0, 0.05) is 5.02 Å². The molecule has 0 N–H and O–H groups in total. The molecule has 1 aliphatic heterocycles. The summed E-state index contributed by atoms with van der Waals surface area (Å²) in [6.45, 7) is 3.84. The number of nitrogens with zero attached hydrogens (tertiary/aromatic N) is 6. The van der Waals surface area contributed by atoms with E-state index < -0.39 is 0 Å². The van der Waals surface area contributed by atoms with Crippen LogP contribution in [0.15, 0.2) is 60.9 Å². The lowest BCUT2D eigenvalue weighted by molar-refractivity contribution is 0.402. The molecule has 0 saturated heterocycles. The molecular weight excluding hydrogens is 412 g/mol. The highest BCUT2D eigenvalue weighted by molar-refractivity contribution is 6.31.